The zero-order chi connectivity index (χ0) is 12.7. The molecule has 0 spiro atoms. The molecule has 0 aliphatic heterocycles. The Morgan fingerprint density at radius 3 is 2.71 bits per heavy atom. The number of carbonyl (C=O) groups excluding carboxylic acids is 1. The van der Waals surface area contributed by atoms with Gasteiger partial charge in [-0.2, -0.15) is 0 Å². The maximum atomic E-state index is 10.9. The second-order valence-corrected chi connectivity index (χ2v) is 3.81. The molecule has 4 nitrogen and oxygen atoms in total. The topological polar surface area (TPSA) is 47.6 Å². The zero-order valence-corrected chi connectivity index (χ0v) is 10.6. The van der Waals surface area contributed by atoms with Gasteiger partial charge in [0.2, 0.25) is 0 Å². The summed E-state index contributed by atoms with van der Waals surface area (Å²) in [5, 5.41) is 3.19. The highest BCUT2D eigenvalue weighted by atomic mass is 16.5. The summed E-state index contributed by atoms with van der Waals surface area (Å²) in [5.41, 5.74) is 2.29. The van der Waals surface area contributed by atoms with Gasteiger partial charge >= 0.3 is 5.97 Å². The Morgan fingerprint density at radius 2 is 2.12 bits per heavy atom. The van der Waals surface area contributed by atoms with Gasteiger partial charge in [-0.1, -0.05) is 12.1 Å². The molecule has 0 saturated carbocycles. The van der Waals surface area contributed by atoms with Crippen LogP contribution in [0.25, 0.3) is 0 Å². The molecular formula is C13H19NO3. The summed E-state index contributed by atoms with van der Waals surface area (Å²) in [7, 11) is 3.06. The monoisotopic (exact) mass is 237 g/mol. The van der Waals surface area contributed by atoms with E-state index in [0.29, 0.717) is 13.0 Å². The third kappa shape index (κ3) is 4.44. The fourth-order valence-electron chi connectivity index (χ4n) is 1.58. The molecule has 0 saturated heterocycles. The number of rotatable bonds is 6. The van der Waals surface area contributed by atoms with E-state index in [9.17, 15) is 4.79 Å². The van der Waals surface area contributed by atoms with Crippen LogP contribution in [0.3, 0.4) is 0 Å². The van der Waals surface area contributed by atoms with Gasteiger partial charge in [0.1, 0.15) is 5.75 Å². The van der Waals surface area contributed by atoms with Crippen LogP contribution < -0.4 is 10.1 Å². The van der Waals surface area contributed by atoms with Gasteiger partial charge in [0, 0.05) is 13.1 Å². The van der Waals surface area contributed by atoms with Crippen molar-refractivity contribution in [2.45, 2.75) is 19.9 Å². The lowest BCUT2D eigenvalue weighted by atomic mass is 10.1. The number of methoxy groups -OCH3 is 2. The van der Waals surface area contributed by atoms with Crippen LogP contribution in [0.1, 0.15) is 17.5 Å². The number of hydrogen-bond acceptors (Lipinski definition) is 4. The Labute approximate surface area is 102 Å². The van der Waals surface area contributed by atoms with Crippen molar-refractivity contribution in [2.75, 3.05) is 20.8 Å². The van der Waals surface area contributed by atoms with E-state index < -0.39 is 0 Å². The predicted molar refractivity (Wildman–Crippen MR) is 66.1 cm³/mol. The number of carbonyl (C=O) groups is 1. The van der Waals surface area contributed by atoms with E-state index in [2.05, 4.69) is 16.1 Å². The lowest BCUT2D eigenvalue weighted by Crippen LogP contribution is -2.18. The molecule has 0 fully saturated rings. The molecule has 4 heteroatoms. The van der Waals surface area contributed by atoms with Crippen molar-refractivity contribution in [1.29, 1.82) is 0 Å². The Morgan fingerprint density at radius 1 is 1.35 bits per heavy atom. The molecule has 1 N–H and O–H groups in total. The molecule has 0 aromatic heterocycles. The number of ether oxygens (including phenoxy) is 2. The fraction of sp³-hybridized carbons (Fsp3) is 0.462. The number of esters is 1. The van der Waals surface area contributed by atoms with E-state index in [4.69, 9.17) is 4.74 Å². The highest BCUT2D eigenvalue weighted by Crippen LogP contribution is 2.18. The minimum atomic E-state index is -0.191. The van der Waals surface area contributed by atoms with E-state index in [-0.39, 0.29) is 5.97 Å². The molecule has 0 unspecified atom stereocenters. The molecule has 94 valence electrons. The third-order valence-electron chi connectivity index (χ3n) is 2.52. The van der Waals surface area contributed by atoms with Crippen molar-refractivity contribution in [3.8, 4) is 5.75 Å². The van der Waals surface area contributed by atoms with E-state index >= 15 is 0 Å². The normalized spacial score (nSPS) is 10.1. The van der Waals surface area contributed by atoms with Gasteiger partial charge in [-0.15, -0.1) is 0 Å². The first-order valence-electron chi connectivity index (χ1n) is 5.58. The summed E-state index contributed by atoms with van der Waals surface area (Å²) >= 11 is 0. The van der Waals surface area contributed by atoms with Gasteiger partial charge in [0.15, 0.2) is 0 Å². The molecule has 0 aliphatic rings. The molecule has 0 heterocycles. The largest absolute Gasteiger partial charge is 0.496 e. The Kier molecular flexibility index (Phi) is 5.49. The van der Waals surface area contributed by atoms with Crippen LogP contribution in [-0.2, 0) is 16.1 Å². The predicted octanol–water partition coefficient (Wildman–Crippen LogP) is 1.66. The highest BCUT2D eigenvalue weighted by molar-refractivity contribution is 5.69. The van der Waals surface area contributed by atoms with E-state index in [1.165, 1.54) is 12.7 Å². The smallest absolute Gasteiger partial charge is 0.306 e. The Bertz CT molecular complexity index is 377. The van der Waals surface area contributed by atoms with Gasteiger partial charge in [-0.25, -0.2) is 0 Å². The van der Waals surface area contributed by atoms with E-state index in [0.717, 1.165) is 17.9 Å². The lowest BCUT2D eigenvalue weighted by molar-refractivity contribution is -0.140. The number of nitrogens with one attached hydrogen (secondary N) is 1. The van der Waals surface area contributed by atoms with Crippen LogP contribution in [0.4, 0.5) is 0 Å². The summed E-state index contributed by atoms with van der Waals surface area (Å²) < 4.78 is 9.75. The van der Waals surface area contributed by atoms with Crippen molar-refractivity contribution in [2.24, 2.45) is 0 Å². The summed E-state index contributed by atoms with van der Waals surface area (Å²) in [6.07, 6.45) is 0.394. The molecule has 1 rings (SSSR count). The van der Waals surface area contributed by atoms with Crippen molar-refractivity contribution in [3.05, 3.63) is 29.3 Å². The quantitative estimate of drug-likeness (QED) is 0.604. The number of benzene rings is 1. The SMILES string of the molecule is COC(=O)CCNCc1ccc(OC)c(C)c1. The molecular weight excluding hydrogens is 218 g/mol. The van der Waals surface area contributed by atoms with Crippen LogP contribution in [0.2, 0.25) is 0 Å². The molecule has 0 amide bonds. The van der Waals surface area contributed by atoms with Crippen LogP contribution in [0, 0.1) is 6.92 Å². The van der Waals surface area contributed by atoms with Crippen molar-refractivity contribution < 1.29 is 14.3 Å². The highest BCUT2D eigenvalue weighted by Gasteiger charge is 2.01. The van der Waals surface area contributed by atoms with Gasteiger partial charge in [0.25, 0.3) is 0 Å². The summed E-state index contributed by atoms with van der Waals surface area (Å²) in [6, 6.07) is 6.04. The van der Waals surface area contributed by atoms with Crippen LogP contribution >= 0.6 is 0 Å². The zero-order valence-electron chi connectivity index (χ0n) is 10.6. The molecule has 0 aliphatic carbocycles. The summed E-state index contributed by atoms with van der Waals surface area (Å²) in [6.45, 7) is 3.37. The first-order valence-corrected chi connectivity index (χ1v) is 5.58. The first kappa shape index (κ1) is 13.5. The van der Waals surface area contributed by atoms with Crippen molar-refractivity contribution >= 4 is 5.97 Å². The van der Waals surface area contributed by atoms with E-state index in [1.54, 1.807) is 7.11 Å². The fourth-order valence-corrected chi connectivity index (χ4v) is 1.58. The van der Waals surface area contributed by atoms with Crippen LogP contribution in [-0.4, -0.2) is 26.7 Å². The maximum Gasteiger partial charge on any atom is 0.306 e. The standard InChI is InChI=1S/C13H19NO3/c1-10-8-11(4-5-12(10)16-2)9-14-7-6-13(15)17-3/h4-5,8,14H,6-7,9H2,1-3H3. The molecule has 17 heavy (non-hydrogen) atoms. The molecule has 0 atom stereocenters. The first-order chi connectivity index (χ1) is 8.17. The van der Waals surface area contributed by atoms with Crippen molar-refractivity contribution in [3.63, 3.8) is 0 Å². The van der Waals surface area contributed by atoms with Gasteiger partial charge in [0.05, 0.1) is 20.6 Å². The average molecular weight is 237 g/mol. The Hall–Kier alpha value is -1.55. The maximum absolute atomic E-state index is 10.9. The second-order valence-electron chi connectivity index (χ2n) is 3.81. The molecule has 1 aromatic rings. The summed E-state index contributed by atoms with van der Waals surface area (Å²) in [5.74, 6) is 0.701. The average Bonchev–Trinajstić information content (AvgIpc) is 2.34. The van der Waals surface area contributed by atoms with Gasteiger partial charge in [-0.3, -0.25) is 4.79 Å². The number of aryl methyl sites for hydroxylation is 1. The molecule has 1 aromatic carbocycles. The van der Waals surface area contributed by atoms with Crippen LogP contribution in [0.5, 0.6) is 5.75 Å². The third-order valence-corrected chi connectivity index (χ3v) is 2.52. The number of hydrogen-bond donors (Lipinski definition) is 1. The minimum absolute atomic E-state index is 0.191. The van der Waals surface area contributed by atoms with Gasteiger partial charge in [-0.05, 0) is 24.1 Å². The van der Waals surface area contributed by atoms with Gasteiger partial charge < -0.3 is 14.8 Å². The lowest BCUT2D eigenvalue weighted by Gasteiger charge is -2.08. The van der Waals surface area contributed by atoms with E-state index in [1.807, 2.05) is 19.1 Å². The minimum Gasteiger partial charge on any atom is -0.496 e. The van der Waals surface area contributed by atoms with Crippen molar-refractivity contribution in [1.82, 2.24) is 5.32 Å². The molecule has 0 radical (unpaired) electrons. The summed E-state index contributed by atoms with van der Waals surface area (Å²) in [4.78, 5) is 10.9. The second kappa shape index (κ2) is 6.91. The van der Waals surface area contributed by atoms with Crippen LogP contribution in [0.15, 0.2) is 18.2 Å². The molecule has 0 bridgehead atoms. The Balaban J connectivity index is 2.37.